The van der Waals surface area contributed by atoms with Gasteiger partial charge in [0.05, 0.1) is 12.5 Å². The van der Waals surface area contributed by atoms with Crippen molar-refractivity contribution in [2.75, 3.05) is 0 Å². The van der Waals surface area contributed by atoms with Crippen molar-refractivity contribution in [3.63, 3.8) is 0 Å². The van der Waals surface area contributed by atoms with Crippen LogP contribution in [0.3, 0.4) is 0 Å². The van der Waals surface area contributed by atoms with E-state index in [1.807, 2.05) is 6.07 Å². The number of rotatable bonds is 0. The summed E-state index contributed by atoms with van der Waals surface area (Å²) in [6.45, 7) is 1.75. The highest BCUT2D eigenvalue weighted by Gasteiger charge is 1.96. The van der Waals surface area contributed by atoms with Gasteiger partial charge in [0, 0.05) is 11.8 Å². The summed E-state index contributed by atoms with van der Waals surface area (Å²) < 4.78 is 12.5. The molecule has 3 heteroatoms. The third-order valence-corrected chi connectivity index (χ3v) is 1.47. The highest BCUT2D eigenvalue weighted by atomic mass is 19.1. The minimum Gasteiger partial charge on any atom is -0.227 e. The van der Waals surface area contributed by atoms with Gasteiger partial charge in [0.1, 0.15) is 0 Å². The molecule has 0 fully saturated rings. The van der Waals surface area contributed by atoms with E-state index in [9.17, 15) is 4.39 Å². The third kappa shape index (κ3) is 2.57. The van der Waals surface area contributed by atoms with Crippen molar-refractivity contribution >= 4 is 0 Å². The van der Waals surface area contributed by atoms with Crippen LogP contribution in [0.4, 0.5) is 4.39 Å². The van der Waals surface area contributed by atoms with Gasteiger partial charge in [-0.1, -0.05) is 11.8 Å². The van der Waals surface area contributed by atoms with Gasteiger partial charge in [0.2, 0.25) is 5.95 Å². The third-order valence-electron chi connectivity index (χ3n) is 1.47. The van der Waals surface area contributed by atoms with Crippen LogP contribution < -0.4 is 0 Å². The normalized spacial score (nSPS) is 8.38. The molecule has 64 valence electrons. The van der Waals surface area contributed by atoms with Gasteiger partial charge in [-0.3, -0.25) is 0 Å². The monoisotopic (exact) mass is 174 g/mol. The Bertz CT molecular complexity index is 407. The van der Waals surface area contributed by atoms with Gasteiger partial charge in [-0.2, -0.15) is 9.65 Å². The first-order chi connectivity index (χ1) is 6.24. The first-order valence-electron chi connectivity index (χ1n) is 3.72. The minimum absolute atomic E-state index is 0.177. The van der Waals surface area contributed by atoms with Gasteiger partial charge < -0.3 is 0 Å². The quantitative estimate of drug-likeness (QED) is 0.444. The zero-order chi connectivity index (χ0) is 9.68. The number of nitrogens with zero attached hydrogens (tertiary/aromatic N) is 2. The Hall–Kier alpha value is -1.87. The van der Waals surface area contributed by atoms with Crippen molar-refractivity contribution in [3.05, 3.63) is 29.3 Å². The number of pyridine rings is 1. The Kier molecular flexibility index (Phi) is 3.00. The predicted octanol–water partition coefficient (Wildman–Crippen LogP) is 1.79. The highest BCUT2D eigenvalue weighted by Crippen LogP contribution is 2.05. The molecule has 0 aliphatic heterocycles. The maximum absolute atomic E-state index is 12.5. The molecule has 0 unspecified atom stereocenters. The summed E-state index contributed by atoms with van der Waals surface area (Å²) in [5.41, 5.74) is 1.40. The molecule has 1 aromatic heterocycles. The summed E-state index contributed by atoms with van der Waals surface area (Å²) in [6.07, 6.45) is 1.55. The zero-order valence-corrected chi connectivity index (χ0v) is 7.13. The smallest absolute Gasteiger partial charge is 0.213 e. The van der Waals surface area contributed by atoms with Crippen LogP contribution in [-0.2, 0) is 0 Å². The van der Waals surface area contributed by atoms with Crippen LogP contribution in [0, 0.1) is 36.0 Å². The molecule has 0 spiro atoms. The largest absolute Gasteiger partial charge is 0.227 e. The van der Waals surface area contributed by atoms with Gasteiger partial charge in [-0.15, -0.1) is 0 Å². The molecule has 0 aliphatic carbocycles. The van der Waals surface area contributed by atoms with Gasteiger partial charge in [0.25, 0.3) is 0 Å². The van der Waals surface area contributed by atoms with Crippen molar-refractivity contribution in [3.8, 4) is 17.9 Å². The molecule has 0 saturated carbocycles. The minimum atomic E-state index is -0.511. The molecule has 0 saturated heterocycles. The molecule has 0 aliphatic rings. The van der Waals surface area contributed by atoms with E-state index in [0.717, 1.165) is 5.56 Å². The van der Waals surface area contributed by atoms with Crippen LogP contribution in [0.2, 0.25) is 0 Å². The maximum Gasteiger partial charge on any atom is 0.213 e. The van der Waals surface area contributed by atoms with Crippen molar-refractivity contribution in [2.45, 2.75) is 13.3 Å². The summed E-state index contributed by atoms with van der Waals surface area (Å²) >= 11 is 0. The molecular formula is C10H7FN2. The Morgan fingerprint density at radius 2 is 2.38 bits per heavy atom. The lowest BCUT2D eigenvalue weighted by Gasteiger charge is -1.95. The second-order valence-electron chi connectivity index (χ2n) is 2.46. The second-order valence-corrected chi connectivity index (χ2v) is 2.46. The molecule has 1 aromatic rings. The van der Waals surface area contributed by atoms with E-state index in [2.05, 4.69) is 16.8 Å². The Morgan fingerprint density at radius 3 is 3.00 bits per heavy atom. The summed E-state index contributed by atoms with van der Waals surface area (Å²) in [5.74, 6) is 4.87. The number of aryl methyl sites for hydroxylation is 1. The molecule has 1 rings (SSSR count). The number of nitriles is 1. The van der Waals surface area contributed by atoms with E-state index >= 15 is 0 Å². The summed E-state index contributed by atoms with van der Waals surface area (Å²) in [6, 6.07) is 3.22. The zero-order valence-electron chi connectivity index (χ0n) is 7.13. The van der Waals surface area contributed by atoms with Crippen molar-refractivity contribution in [2.24, 2.45) is 0 Å². The molecule has 0 radical (unpaired) electrons. The lowest BCUT2D eigenvalue weighted by molar-refractivity contribution is 0.582. The topological polar surface area (TPSA) is 36.7 Å². The highest BCUT2D eigenvalue weighted by molar-refractivity contribution is 5.38. The fourth-order valence-electron chi connectivity index (χ4n) is 0.832. The predicted molar refractivity (Wildman–Crippen MR) is 46.0 cm³/mol. The molecular weight excluding hydrogens is 167 g/mol. The fourth-order valence-corrected chi connectivity index (χ4v) is 0.832. The van der Waals surface area contributed by atoms with Crippen LogP contribution in [0.25, 0.3) is 0 Å². The first-order valence-corrected chi connectivity index (χ1v) is 3.72. The summed E-state index contributed by atoms with van der Waals surface area (Å²) in [4.78, 5) is 3.47. The maximum atomic E-state index is 12.5. The van der Waals surface area contributed by atoms with E-state index in [1.165, 1.54) is 12.3 Å². The second kappa shape index (κ2) is 4.23. The molecule has 0 amide bonds. The van der Waals surface area contributed by atoms with Gasteiger partial charge in [-0.05, 0) is 18.6 Å². The lowest BCUT2D eigenvalue weighted by atomic mass is 10.1. The average molecular weight is 174 g/mol. The Morgan fingerprint density at radius 1 is 1.62 bits per heavy atom. The van der Waals surface area contributed by atoms with Crippen LogP contribution in [0.5, 0.6) is 0 Å². The average Bonchev–Trinajstić information content (AvgIpc) is 2.09. The number of hydrogen-bond acceptors (Lipinski definition) is 2. The number of halogens is 1. The van der Waals surface area contributed by atoms with Crippen molar-refractivity contribution in [1.29, 1.82) is 5.26 Å². The molecule has 2 nitrogen and oxygen atoms in total. The van der Waals surface area contributed by atoms with E-state index in [0.29, 0.717) is 5.56 Å². The van der Waals surface area contributed by atoms with Gasteiger partial charge in [0.15, 0.2) is 0 Å². The summed E-state index contributed by atoms with van der Waals surface area (Å²) in [7, 11) is 0. The first kappa shape index (κ1) is 9.22. The Balaban J connectivity index is 2.93. The molecule has 0 aromatic carbocycles. The van der Waals surface area contributed by atoms with Crippen LogP contribution >= 0.6 is 0 Å². The fraction of sp³-hybridized carbons (Fsp3) is 0.200. The van der Waals surface area contributed by atoms with Gasteiger partial charge >= 0.3 is 0 Å². The number of hydrogen-bond donors (Lipinski definition) is 0. The Labute approximate surface area is 76.0 Å². The van der Waals surface area contributed by atoms with Crippen LogP contribution in [-0.4, -0.2) is 4.98 Å². The van der Waals surface area contributed by atoms with E-state index in [-0.39, 0.29) is 6.42 Å². The molecule has 1 heterocycles. The lowest BCUT2D eigenvalue weighted by Crippen LogP contribution is -1.88. The van der Waals surface area contributed by atoms with E-state index in [1.54, 1.807) is 6.92 Å². The van der Waals surface area contributed by atoms with Crippen LogP contribution in [0.1, 0.15) is 17.5 Å². The molecule has 0 N–H and O–H groups in total. The van der Waals surface area contributed by atoms with Crippen molar-refractivity contribution in [1.82, 2.24) is 4.98 Å². The van der Waals surface area contributed by atoms with Crippen LogP contribution in [0.15, 0.2) is 12.3 Å². The van der Waals surface area contributed by atoms with Crippen molar-refractivity contribution < 1.29 is 4.39 Å². The molecule has 13 heavy (non-hydrogen) atoms. The summed E-state index contributed by atoms with van der Waals surface area (Å²) in [5, 5.41) is 8.23. The molecule has 0 atom stereocenters. The van der Waals surface area contributed by atoms with E-state index < -0.39 is 5.95 Å². The SMILES string of the molecule is Cc1cc(F)ncc1C#CCC#N. The van der Waals surface area contributed by atoms with E-state index in [4.69, 9.17) is 5.26 Å². The molecule has 0 bridgehead atoms. The number of aromatic nitrogens is 1. The standard InChI is InChI=1S/C10H7FN2/c1-8-6-10(11)13-7-9(8)4-2-3-5-12/h6-7H,3H2,1H3. The van der Waals surface area contributed by atoms with Gasteiger partial charge in [-0.25, -0.2) is 4.98 Å².